The van der Waals surface area contributed by atoms with Crippen molar-refractivity contribution in [2.24, 2.45) is 0 Å². The van der Waals surface area contributed by atoms with Crippen LogP contribution in [0.4, 0.5) is 11.4 Å². The minimum absolute atomic E-state index is 0.374. The second kappa shape index (κ2) is 8.60. The van der Waals surface area contributed by atoms with E-state index in [2.05, 4.69) is 5.32 Å². The number of carbonyl (C=O) groups excluding carboxylic acids is 1. The van der Waals surface area contributed by atoms with Crippen LogP contribution in [0, 0.1) is 6.92 Å². The predicted molar refractivity (Wildman–Crippen MR) is 109 cm³/mol. The first kappa shape index (κ1) is 20.3. The zero-order chi connectivity index (χ0) is 19.3. The monoisotopic (exact) mass is 392 g/mol. The first-order valence-corrected chi connectivity index (χ1v) is 11.2. The Morgan fingerprint density at radius 1 is 1.19 bits per heavy atom. The molecule has 1 atom stereocenters. The molecule has 1 N–H and O–H groups in total. The van der Waals surface area contributed by atoms with Crippen LogP contribution < -0.4 is 9.62 Å². The largest absolute Gasteiger partial charge is 0.323 e. The standard InChI is InChI=1S/C19H24N2O3S2/c1-5-25-18-12-7-6-11-17(18)20-19(22)15(3)21(26(4,23)24)16-10-8-9-14(2)13-16/h6-13,15H,5H2,1-4H3,(H,20,22)/t15-/m1/s1. The van der Waals surface area contributed by atoms with E-state index in [9.17, 15) is 13.2 Å². The number of amides is 1. The van der Waals surface area contributed by atoms with E-state index >= 15 is 0 Å². The molecule has 0 fully saturated rings. The first-order valence-electron chi connectivity index (χ1n) is 8.32. The molecule has 0 saturated heterocycles. The van der Waals surface area contributed by atoms with E-state index in [4.69, 9.17) is 0 Å². The van der Waals surface area contributed by atoms with Crippen LogP contribution in [0.2, 0.25) is 0 Å². The molecular formula is C19H24N2O3S2. The quantitative estimate of drug-likeness (QED) is 0.726. The molecule has 0 spiro atoms. The summed E-state index contributed by atoms with van der Waals surface area (Å²) >= 11 is 1.62. The Balaban J connectivity index is 2.32. The van der Waals surface area contributed by atoms with Crippen molar-refractivity contribution in [1.82, 2.24) is 0 Å². The summed E-state index contributed by atoms with van der Waals surface area (Å²) in [5.74, 6) is 0.502. The summed E-state index contributed by atoms with van der Waals surface area (Å²) < 4.78 is 25.9. The third-order valence-corrected chi connectivity index (χ3v) is 5.99. The molecule has 0 radical (unpaired) electrons. The molecule has 0 heterocycles. The number of anilines is 2. The van der Waals surface area contributed by atoms with Crippen molar-refractivity contribution >= 4 is 39.1 Å². The van der Waals surface area contributed by atoms with Gasteiger partial charge in [-0.2, -0.15) is 0 Å². The molecule has 0 aliphatic rings. The number of thioether (sulfide) groups is 1. The fourth-order valence-electron chi connectivity index (χ4n) is 2.66. The van der Waals surface area contributed by atoms with E-state index in [0.717, 1.165) is 26.8 Å². The van der Waals surface area contributed by atoms with Gasteiger partial charge >= 0.3 is 0 Å². The Labute approximate surface area is 159 Å². The van der Waals surface area contributed by atoms with Gasteiger partial charge in [0.25, 0.3) is 0 Å². The van der Waals surface area contributed by atoms with Crippen molar-refractivity contribution in [3.8, 4) is 0 Å². The molecule has 140 valence electrons. The molecule has 5 nitrogen and oxygen atoms in total. The summed E-state index contributed by atoms with van der Waals surface area (Å²) in [5.41, 5.74) is 2.09. The molecule has 26 heavy (non-hydrogen) atoms. The van der Waals surface area contributed by atoms with Gasteiger partial charge in [-0.3, -0.25) is 9.10 Å². The number of hydrogen-bond acceptors (Lipinski definition) is 4. The molecule has 0 saturated carbocycles. The van der Waals surface area contributed by atoms with Crippen molar-refractivity contribution in [2.45, 2.75) is 31.7 Å². The van der Waals surface area contributed by atoms with Gasteiger partial charge in [-0.25, -0.2) is 8.42 Å². The second-order valence-corrected chi connectivity index (χ2v) is 9.16. The normalized spacial score (nSPS) is 12.5. The van der Waals surface area contributed by atoms with Gasteiger partial charge in [0.15, 0.2) is 0 Å². The fourth-order valence-corrected chi connectivity index (χ4v) is 4.59. The Morgan fingerprint density at radius 3 is 2.50 bits per heavy atom. The average Bonchev–Trinajstić information content (AvgIpc) is 2.55. The molecule has 0 bridgehead atoms. The third kappa shape index (κ3) is 5.02. The number of hydrogen-bond donors (Lipinski definition) is 1. The van der Waals surface area contributed by atoms with Crippen LogP contribution in [0.25, 0.3) is 0 Å². The average molecular weight is 393 g/mol. The van der Waals surface area contributed by atoms with Gasteiger partial charge in [0.2, 0.25) is 15.9 Å². The lowest BCUT2D eigenvalue weighted by molar-refractivity contribution is -0.116. The molecule has 0 aromatic heterocycles. The van der Waals surface area contributed by atoms with Crippen LogP contribution in [-0.4, -0.2) is 32.4 Å². The third-order valence-electron chi connectivity index (χ3n) is 3.79. The highest BCUT2D eigenvalue weighted by Gasteiger charge is 2.29. The molecular weight excluding hydrogens is 368 g/mol. The van der Waals surface area contributed by atoms with Crippen LogP contribution >= 0.6 is 11.8 Å². The van der Waals surface area contributed by atoms with Crippen LogP contribution in [-0.2, 0) is 14.8 Å². The molecule has 0 unspecified atom stereocenters. The van der Waals surface area contributed by atoms with Gasteiger partial charge in [-0.15, -0.1) is 11.8 Å². The Bertz CT molecular complexity index is 882. The molecule has 0 aliphatic heterocycles. The van der Waals surface area contributed by atoms with Crippen molar-refractivity contribution < 1.29 is 13.2 Å². The van der Waals surface area contributed by atoms with Gasteiger partial charge in [-0.1, -0.05) is 31.2 Å². The van der Waals surface area contributed by atoms with Crippen LogP contribution in [0.5, 0.6) is 0 Å². The Kier molecular flexibility index (Phi) is 6.72. The molecule has 0 aliphatic carbocycles. The van der Waals surface area contributed by atoms with Crippen LogP contribution in [0.1, 0.15) is 19.4 Å². The second-order valence-electron chi connectivity index (χ2n) is 5.99. The van der Waals surface area contributed by atoms with Gasteiger partial charge < -0.3 is 5.32 Å². The number of rotatable bonds is 7. The topological polar surface area (TPSA) is 66.5 Å². The summed E-state index contributed by atoms with van der Waals surface area (Å²) in [6.45, 7) is 5.51. The number of para-hydroxylation sites is 1. The maximum Gasteiger partial charge on any atom is 0.248 e. The number of benzene rings is 2. The van der Waals surface area contributed by atoms with Crippen LogP contribution in [0.3, 0.4) is 0 Å². The van der Waals surface area contributed by atoms with E-state index in [-0.39, 0.29) is 5.91 Å². The number of nitrogens with one attached hydrogen (secondary N) is 1. The minimum atomic E-state index is -3.62. The molecule has 7 heteroatoms. The highest BCUT2D eigenvalue weighted by molar-refractivity contribution is 7.99. The van der Waals surface area contributed by atoms with Gasteiger partial charge in [0.1, 0.15) is 6.04 Å². The summed E-state index contributed by atoms with van der Waals surface area (Å²) in [7, 11) is -3.62. The predicted octanol–water partition coefficient (Wildman–Crippen LogP) is 3.90. The fraction of sp³-hybridized carbons (Fsp3) is 0.316. The van der Waals surface area contributed by atoms with E-state index in [1.807, 2.05) is 44.2 Å². The molecule has 2 aromatic carbocycles. The zero-order valence-electron chi connectivity index (χ0n) is 15.4. The van der Waals surface area contributed by atoms with Crippen molar-refractivity contribution in [2.75, 3.05) is 21.6 Å². The maximum atomic E-state index is 12.8. The summed E-state index contributed by atoms with van der Waals surface area (Å²) in [4.78, 5) is 13.7. The van der Waals surface area contributed by atoms with Crippen molar-refractivity contribution in [3.63, 3.8) is 0 Å². The number of carbonyl (C=O) groups is 1. The lowest BCUT2D eigenvalue weighted by Crippen LogP contribution is -2.45. The van der Waals surface area contributed by atoms with Gasteiger partial charge in [-0.05, 0) is 49.4 Å². The van der Waals surface area contributed by atoms with Gasteiger partial charge in [0, 0.05) is 4.90 Å². The highest BCUT2D eigenvalue weighted by atomic mass is 32.2. The Morgan fingerprint density at radius 2 is 1.88 bits per heavy atom. The van der Waals surface area contributed by atoms with E-state index < -0.39 is 16.1 Å². The highest BCUT2D eigenvalue weighted by Crippen LogP contribution is 2.28. The van der Waals surface area contributed by atoms with E-state index in [1.165, 1.54) is 0 Å². The van der Waals surface area contributed by atoms with Gasteiger partial charge in [0.05, 0.1) is 17.6 Å². The number of aryl methyl sites for hydroxylation is 1. The van der Waals surface area contributed by atoms with Crippen LogP contribution in [0.15, 0.2) is 53.4 Å². The zero-order valence-corrected chi connectivity index (χ0v) is 17.0. The smallest absolute Gasteiger partial charge is 0.248 e. The minimum Gasteiger partial charge on any atom is -0.323 e. The first-order chi connectivity index (χ1) is 12.2. The SMILES string of the molecule is CCSc1ccccc1NC(=O)[C@@H](C)N(c1cccc(C)c1)S(C)(=O)=O. The number of sulfonamides is 1. The lowest BCUT2D eigenvalue weighted by Gasteiger charge is -2.28. The summed E-state index contributed by atoms with van der Waals surface area (Å²) in [6.07, 6.45) is 1.11. The lowest BCUT2D eigenvalue weighted by atomic mass is 10.2. The van der Waals surface area contributed by atoms with Crippen molar-refractivity contribution in [1.29, 1.82) is 0 Å². The Hall–Kier alpha value is -1.99. The van der Waals surface area contributed by atoms with Crippen molar-refractivity contribution in [3.05, 3.63) is 54.1 Å². The molecule has 2 aromatic rings. The number of nitrogens with zero attached hydrogens (tertiary/aromatic N) is 1. The maximum absolute atomic E-state index is 12.8. The summed E-state index contributed by atoms with van der Waals surface area (Å²) in [6, 6.07) is 13.7. The van der Waals surface area contributed by atoms with E-state index in [1.54, 1.807) is 36.9 Å². The van der Waals surface area contributed by atoms with E-state index in [0.29, 0.717) is 11.4 Å². The summed E-state index contributed by atoms with van der Waals surface area (Å²) in [5, 5.41) is 2.87. The molecule has 1 amide bonds. The molecule has 2 rings (SSSR count).